The largest absolute Gasteiger partial charge is 0.369 e. The molecule has 1 rings (SSSR count). The number of rotatable bonds is 4. The molecular formula is C11H11Cl2NO. The molecule has 2 nitrogen and oxygen atoms in total. The van der Waals surface area contributed by atoms with Crippen molar-refractivity contribution in [2.24, 2.45) is 5.73 Å². The van der Waals surface area contributed by atoms with Crippen LogP contribution in [0.15, 0.2) is 30.9 Å². The van der Waals surface area contributed by atoms with Gasteiger partial charge in [-0.25, -0.2) is 0 Å². The minimum Gasteiger partial charge on any atom is -0.369 e. The third-order valence-corrected chi connectivity index (χ3v) is 2.83. The average molecular weight is 244 g/mol. The molecule has 0 saturated heterocycles. The number of amides is 1. The lowest BCUT2D eigenvalue weighted by molar-refractivity contribution is -0.119. The highest BCUT2D eigenvalue weighted by Crippen LogP contribution is 2.28. The molecule has 0 fully saturated rings. The smallest absolute Gasteiger partial charge is 0.225 e. The molecule has 0 saturated carbocycles. The fourth-order valence-corrected chi connectivity index (χ4v) is 1.62. The maximum atomic E-state index is 11.2. The number of hydrogen-bond donors (Lipinski definition) is 1. The second kappa shape index (κ2) is 5.19. The number of allylic oxidation sites excluding steroid dienone is 1. The average Bonchev–Trinajstić information content (AvgIpc) is 2.18. The van der Waals surface area contributed by atoms with Crippen molar-refractivity contribution in [1.29, 1.82) is 0 Å². The Kier molecular flexibility index (Phi) is 4.18. The molecule has 0 unspecified atom stereocenters. The van der Waals surface area contributed by atoms with Crippen LogP contribution < -0.4 is 5.73 Å². The van der Waals surface area contributed by atoms with Gasteiger partial charge in [0.05, 0.1) is 16.0 Å². The standard InChI is InChI=1S/C11H11Cl2NO/c1-2-3-8(11(14)15)7-4-5-9(12)10(13)6-7/h2,4-6,8H,1,3H2,(H2,14,15)/t8-/m0/s1. The molecule has 80 valence electrons. The summed E-state index contributed by atoms with van der Waals surface area (Å²) in [7, 11) is 0. The summed E-state index contributed by atoms with van der Waals surface area (Å²) in [4.78, 5) is 11.2. The second-order valence-electron chi connectivity index (χ2n) is 3.15. The molecule has 1 atom stereocenters. The predicted molar refractivity (Wildman–Crippen MR) is 63.2 cm³/mol. The zero-order chi connectivity index (χ0) is 11.4. The molecule has 0 aliphatic heterocycles. The van der Waals surface area contributed by atoms with E-state index in [1.807, 2.05) is 0 Å². The van der Waals surface area contributed by atoms with Gasteiger partial charge in [0.15, 0.2) is 0 Å². The van der Waals surface area contributed by atoms with Crippen LogP contribution in [0.5, 0.6) is 0 Å². The Labute approximate surface area is 98.7 Å². The molecule has 0 aliphatic carbocycles. The first-order valence-corrected chi connectivity index (χ1v) is 5.17. The number of benzene rings is 1. The molecule has 4 heteroatoms. The van der Waals surface area contributed by atoms with E-state index in [1.54, 1.807) is 24.3 Å². The van der Waals surface area contributed by atoms with Crippen LogP contribution in [-0.4, -0.2) is 5.91 Å². The number of carbonyl (C=O) groups is 1. The predicted octanol–water partition coefficient (Wildman–Crippen LogP) is 3.14. The number of primary amides is 1. The van der Waals surface area contributed by atoms with Crippen molar-refractivity contribution in [1.82, 2.24) is 0 Å². The SMILES string of the molecule is C=CC[C@H](C(N)=O)c1ccc(Cl)c(Cl)c1. The van der Waals surface area contributed by atoms with Gasteiger partial charge in [0.25, 0.3) is 0 Å². The van der Waals surface area contributed by atoms with Crippen LogP contribution in [0.3, 0.4) is 0 Å². The summed E-state index contributed by atoms with van der Waals surface area (Å²) in [6.45, 7) is 3.58. The van der Waals surface area contributed by atoms with Gasteiger partial charge < -0.3 is 5.73 Å². The topological polar surface area (TPSA) is 43.1 Å². The number of carbonyl (C=O) groups excluding carboxylic acids is 1. The zero-order valence-corrected chi connectivity index (χ0v) is 9.55. The van der Waals surface area contributed by atoms with E-state index >= 15 is 0 Å². The fourth-order valence-electron chi connectivity index (χ4n) is 1.31. The van der Waals surface area contributed by atoms with Gasteiger partial charge in [0.1, 0.15) is 0 Å². The summed E-state index contributed by atoms with van der Waals surface area (Å²) in [5.41, 5.74) is 6.04. The van der Waals surface area contributed by atoms with E-state index in [9.17, 15) is 4.79 Å². The monoisotopic (exact) mass is 243 g/mol. The molecule has 0 aromatic heterocycles. The summed E-state index contributed by atoms with van der Waals surface area (Å²) in [5.74, 6) is -0.787. The highest BCUT2D eigenvalue weighted by molar-refractivity contribution is 6.42. The van der Waals surface area contributed by atoms with E-state index in [-0.39, 0.29) is 0 Å². The summed E-state index contributed by atoms with van der Waals surface area (Å²) in [6.07, 6.45) is 2.14. The third-order valence-electron chi connectivity index (χ3n) is 2.09. The Morgan fingerprint density at radius 1 is 1.47 bits per heavy atom. The summed E-state index contributed by atoms with van der Waals surface area (Å²) in [5, 5.41) is 0.881. The highest BCUT2D eigenvalue weighted by Gasteiger charge is 2.16. The van der Waals surface area contributed by atoms with Gasteiger partial charge in [-0.15, -0.1) is 6.58 Å². The number of halogens is 2. The van der Waals surface area contributed by atoms with Crippen molar-refractivity contribution in [2.45, 2.75) is 12.3 Å². The molecule has 1 amide bonds. The number of hydrogen-bond acceptors (Lipinski definition) is 1. The third kappa shape index (κ3) is 2.98. The van der Waals surface area contributed by atoms with Crippen LogP contribution in [0.1, 0.15) is 17.9 Å². The normalized spacial score (nSPS) is 12.1. The first kappa shape index (κ1) is 12.1. The molecule has 0 spiro atoms. The van der Waals surface area contributed by atoms with Crippen LogP contribution in [-0.2, 0) is 4.79 Å². The first-order valence-electron chi connectivity index (χ1n) is 4.41. The van der Waals surface area contributed by atoms with Gasteiger partial charge in [-0.3, -0.25) is 4.79 Å². The van der Waals surface area contributed by atoms with E-state index < -0.39 is 11.8 Å². The summed E-state index contributed by atoms with van der Waals surface area (Å²) in [6, 6.07) is 5.05. The maximum absolute atomic E-state index is 11.2. The van der Waals surface area contributed by atoms with Crippen molar-refractivity contribution in [3.05, 3.63) is 46.5 Å². The maximum Gasteiger partial charge on any atom is 0.225 e. The van der Waals surface area contributed by atoms with E-state index in [4.69, 9.17) is 28.9 Å². The van der Waals surface area contributed by atoms with Crippen molar-refractivity contribution in [3.63, 3.8) is 0 Å². The van der Waals surface area contributed by atoms with Crippen molar-refractivity contribution >= 4 is 29.1 Å². The van der Waals surface area contributed by atoms with E-state index in [1.165, 1.54) is 0 Å². The van der Waals surface area contributed by atoms with Gasteiger partial charge in [-0.2, -0.15) is 0 Å². The Morgan fingerprint density at radius 2 is 2.13 bits per heavy atom. The lowest BCUT2D eigenvalue weighted by Crippen LogP contribution is -2.20. The molecule has 1 aromatic rings. The fraction of sp³-hybridized carbons (Fsp3) is 0.182. The Morgan fingerprint density at radius 3 is 2.60 bits per heavy atom. The van der Waals surface area contributed by atoms with Gasteiger partial charge in [0, 0.05) is 0 Å². The minimum absolute atomic E-state index is 0.391. The zero-order valence-electron chi connectivity index (χ0n) is 8.04. The van der Waals surface area contributed by atoms with E-state index in [2.05, 4.69) is 6.58 Å². The molecule has 2 N–H and O–H groups in total. The molecule has 0 bridgehead atoms. The lowest BCUT2D eigenvalue weighted by Gasteiger charge is -2.12. The van der Waals surface area contributed by atoms with E-state index in [0.717, 1.165) is 5.56 Å². The molecular weight excluding hydrogens is 233 g/mol. The Balaban J connectivity index is 3.06. The van der Waals surface area contributed by atoms with Crippen LogP contribution in [0.4, 0.5) is 0 Å². The summed E-state index contributed by atoms with van der Waals surface area (Å²) >= 11 is 11.6. The van der Waals surface area contributed by atoms with Crippen molar-refractivity contribution < 1.29 is 4.79 Å². The van der Waals surface area contributed by atoms with Gasteiger partial charge >= 0.3 is 0 Å². The highest BCUT2D eigenvalue weighted by atomic mass is 35.5. The number of nitrogens with two attached hydrogens (primary N) is 1. The summed E-state index contributed by atoms with van der Waals surface area (Å²) < 4.78 is 0. The molecule has 0 heterocycles. The second-order valence-corrected chi connectivity index (χ2v) is 3.97. The van der Waals surface area contributed by atoms with Gasteiger partial charge in [-0.05, 0) is 24.1 Å². The van der Waals surface area contributed by atoms with Crippen LogP contribution in [0.25, 0.3) is 0 Å². The Hall–Kier alpha value is -0.990. The van der Waals surface area contributed by atoms with Gasteiger partial charge in [-0.1, -0.05) is 35.3 Å². The van der Waals surface area contributed by atoms with Crippen LogP contribution >= 0.6 is 23.2 Å². The van der Waals surface area contributed by atoms with Crippen molar-refractivity contribution in [2.75, 3.05) is 0 Å². The quantitative estimate of drug-likeness (QED) is 0.812. The Bertz CT molecular complexity index is 390. The van der Waals surface area contributed by atoms with Crippen LogP contribution in [0.2, 0.25) is 10.0 Å². The van der Waals surface area contributed by atoms with Crippen molar-refractivity contribution in [3.8, 4) is 0 Å². The first-order chi connectivity index (χ1) is 7.06. The molecule has 0 radical (unpaired) electrons. The minimum atomic E-state index is -0.395. The molecule has 0 aliphatic rings. The molecule has 15 heavy (non-hydrogen) atoms. The van der Waals surface area contributed by atoms with Gasteiger partial charge in [0.2, 0.25) is 5.91 Å². The van der Waals surface area contributed by atoms with E-state index in [0.29, 0.717) is 16.5 Å². The lowest BCUT2D eigenvalue weighted by atomic mass is 9.95. The molecule has 1 aromatic carbocycles. The van der Waals surface area contributed by atoms with Crippen LogP contribution in [0, 0.1) is 0 Å².